The van der Waals surface area contributed by atoms with Crippen LogP contribution in [0, 0.1) is 0 Å². The molecule has 0 aliphatic heterocycles. The van der Waals surface area contributed by atoms with Crippen molar-refractivity contribution in [2.45, 2.75) is 44.6 Å². The molecule has 0 bridgehead atoms. The molecule has 1 N–H and O–H groups in total. The van der Waals surface area contributed by atoms with E-state index < -0.39 is 9.05 Å². The third-order valence-electron chi connectivity index (χ3n) is 3.10. The number of nitrogens with one attached hydrogen (secondary N) is 1. The molecule has 0 aromatic heterocycles. The molecule has 0 unspecified atom stereocenters. The van der Waals surface area contributed by atoms with Crippen LogP contribution in [0.25, 0.3) is 0 Å². The fourth-order valence-electron chi connectivity index (χ4n) is 1.88. The number of amides is 1. The average molecular weight is 334 g/mol. The van der Waals surface area contributed by atoms with Gasteiger partial charge in [-0.2, -0.15) is 0 Å². The van der Waals surface area contributed by atoms with Crippen molar-refractivity contribution in [3.05, 3.63) is 23.8 Å². The van der Waals surface area contributed by atoms with Gasteiger partial charge in [-0.25, -0.2) is 8.42 Å². The number of hydrogen-bond donors (Lipinski definition) is 1. The maximum atomic E-state index is 12.3. The fourth-order valence-corrected chi connectivity index (χ4v) is 2.65. The van der Waals surface area contributed by atoms with Crippen LogP contribution in [0.5, 0.6) is 5.75 Å². The SMILES string of the molecule is CCOc1ccc(S(=O)(=O)Cl)cc1C(=O)NC(CC)CC. The van der Waals surface area contributed by atoms with Gasteiger partial charge in [0.05, 0.1) is 17.1 Å². The van der Waals surface area contributed by atoms with E-state index in [0.29, 0.717) is 12.4 Å². The fraction of sp³-hybridized carbons (Fsp3) is 0.500. The summed E-state index contributed by atoms with van der Waals surface area (Å²) in [4.78, 5) is 12.2. The highest BCUT2D eigenvalue weighted by Gasteiger charge is 2.19. The lowest BCUT2D eigenvalue weighted by atomic mass is 10.1. The summed E-state index contributed by atoms with van der Waals surface area (Å²) in [5.74, 6) is -0.0284. The van der Waals surface area contributed by atoms with Gasteiger partial charge in [0.25, 0.3) is 15.0 Å². The van der Waals surface area contributed by atoms with E-state index in [4.69, 9.17) is 15.4 Å². The van der Waals surface area contributed by atoms with Gasteiger partial charge in [0, 0.05) is 16.7 Å². The third kappa shape index (κ3) is 4.89. The molecule has 1 aromatic rings. The Bertz CT molecular complexity index is 597. The van der Waals surface area contributed by atoms with Crippen LogP contribution in [-0.4, -0.2) is 27.0 Å². The highest BCUT2D eigenvalue weighted by Crippen LogP contribution is 2.25. The van der Waals surface area contributed by atoms with Crippen LogP contribution < -0.4 is 10.1 Å². The molecule has 7 heteroatoms. The van der Waals surface area contributed by atoms with Gasteiger partial charge in [0.1, 0.15) is 5.75 Å². The molecule has 0 spiro atoms. The molecular weight excluding hydrogens is 314 g/mol. The van der Waals surface area contributed by atoms with Gasteiger partial charge >= 0.3 is 0 Å². The van der Waals surface area contributed by atoms with Crippen LogP contribution in [0.1, 0.15) is 44.0 Å². The van der Waals surface area contributed by atoms with E-state index in [1.165, 1.54) is 18.2 Å². The van der Waals surface area contributed by atoms with Crippen molar-refractivity contribution in [2.75, 3.05) is 6.61 Å². The zero-order chi connectivity index (χ0) is 16.0. The molecule has 0 atom stereocenters. The average Bonchev–Trinajstić information content (AvgIpc) is 2.44. The number of ether oxygens (including phenoxy) is 1. The summed E-state index contributed by atoms with van der Waals surface area (Å²) in [6.07, 6.45) is 1.58. The smallest absolute Gasteiger partial charge is 0.261 e. The summed E-state index contributed by atoms with van der Waals surface area (Å²) in [7, 11) is 1.43. The zero-order valence-corrected chi connectivity index (χ0v) is 13.9. The van der Waals surface area contributed by atoms with E-state index in [1.807, 2.05) is 13.8 Å². The molecule has 0 fully saturated rings. The Morgan fingerprint density at radius 1 is 1.29 bits per heavy atom. The minimum Gasteiger partial charge on any atom is -0.493 e. The Hall–Kier alpha value is -1.27. The first-order valence-electron chi connectivity index (χ1n) is 6.85. The Balaban J connectivity index is 3.19. The van der Waals surface area contributed by atoms with Crippen molar-refractivity contribution >= 4 is 25.6 Å². The lowest BCUT2D eigenvalue weighted by Gasteiger charge is -2.17. The van der Waals surface area contributed by atoms with Crippen LogP contribution in [-0.2, 0) is 9.05 Å². The van der Waals surface area contributed by atoms with Crippen LogP contribution in [0.15, 0.2) is 23.1 Å². The number of hydrogen-bond acceptors (Lipinski definition) is 4. The molecule has 1 amide bonds. The van der Waals surface area contributed by atoms with E-state index in [9.17, 15) is 13.2 Å². The topological polar surface area (TPSA) is 72.5 Å². The number of halogens is 1. The first-order chi connectivity index (χ1) is 9.83. The van der Waals surface area contributed by atoms with E-state index in [1.54, 1.807) is 6.92 Å². The summed E-state index contributed by atoms with van der Waals surface area (Å²) in [6, 6.07) is 4.04. The molecule has 0 aliphatic rings. The minimum atomic E-state index is -3.89. The van der Waals surface area contributed by atoms with E-state index in [-0.39, 0.29) is 22.4 Å². The molecule has 21 heavy (non-hydrogen) atoms. The normalized spacial score (nSPS) is 11.5. The molecular formula is C14H20ClNO4S. The van der Waals surface area contributed by atoms with Gasteiger partial charge in [0.15, 0.2) is 0 Å². The van der Waals surface area contributed by atoms with Gasteiger partial charge in [-0.05, 0) is 38.0 Å². The Kier molecular flexibility index (Phi) is 6.48. The quantitative estimate of drug-likeness (QED) is 0.779. The highest BCUT2D eigenvalue weighted by atomic mass is 35.7. The molecule has 1 aromatic carbocycles. The Morgan fingerprint density at radius 3 is 2.38 bits per heavy atom. The molecule has 118 valence electrons. The van der Waals surface area contributed by atoms with Crippen molar-refractivity contribution in [3.63, 3.8) is 0 Å². The minimum absolute atomic E-state index is 0.0308. The van der Waals surface area contributed by atoms with E-state index in [0.717, 1.165) is 12.8 Å². The van der Waals surface area contributed by atoms with E-state index >= 15 is 0 Å². The molecule has 0 saturated heterocycles. The highest BCUT2D eigenvalue weighted by molar-refractivity contribution is 8.13. The summed E-state index contributed by atoms with van der Waals surface area (Å²) in [6.45, 7) is 6.10. The lowest BCUT2D eigenvalue weighted by Crippen LogP contribution is -2.34. The maximum Gasteiger partial charge on any atom is 0.261 e. The number of carbonyl (C=O) groups is 1. The lowest BCUT2D eigenvalue weighted by molar-refractivity contribution is 0.0931. The molecule has 1 rings (SSSR count). The van der Waals surface area contributed by atoms with Crippen LogP contribution >= 0.6 is 10.7 Å². The largest absolute Gasteiger partial charge is 0.493 e. The van der Waals surface area contributed by atoms with Crippen LogP contribution in [0.3, 0.4) is 0 Å². The van der Waals surface area contributed by atoms with Gasteiger partial charge in [-0.15, -0.1) is 0 Å². The van der Waals surface area contributed by atoms with Crippen LogP contribution in [0.2, 0.25) is 0 Å². The zero-order valence-electron chi connectivity index (χ0n) is 12.3. The standard InChI is InChI=1S/C14H20ClNO4S/c1-4-10(5-2)16-14(17)12-9-11(21(15,18)19)7-8-13(12)20-6-3/h7-10H,4-6H2,1-3H3,(H,16,17). The monoisotopic (exact) mass is 333 g/mol. The third-order valence-corrected chi connectivity index (χ3v) is 4.45. The first kappa shape index (κ1) is 17.8. The summed E-state index contributed by atoms with van der Waals surface area (Å²) >= 11 is 0. The van der Waals surface area contributed by atoms with Crippen LogP contribution in [0.4, 0.5) is 0 Å². The molecule has 5 nitrogen and oxygen atoms in total. The van der Waals surface area contributed by atoms with Crippen molar-refractivity contribution in [1.29, 1.82) is 0 Å². The van der Waals surface area contributed by atoms with Gasteiger partial charge in [-0.1, -0.05) is 13.8 Å². The second-order valence-corrected chi connectivity index (χ2v) is 7.08. The molecule has 0 radical (unpaired) electrons. The number of benzene rings is 1. The molecule has 0 aliphatic carbocycles. The summed E-state index contributed by atoms with van der Waals surface area (Å²) < 4.78 is 28.2. The Morgan fingerprint density at radius 2 is 1.90 bits per heavy atom. The van der Waals surface area contributed by atoms with Crippen molar-refractivity contribution < 1.29 is 17.9 Å². The second-order valence-electron chi connectivity index (χ2n) is 4.52. The Labute approximate surface area is 130 Å². The molecule has 0 heterocycles. The van der Waals surface area contributed by atoms with Crippen molar-refractivity contribution in [1.82, 2.24) is 5.32 Å². The summed E-state index contributed by atoms with van der Waals surface area (Å²) in [5.41, 5.74) is 0.172. The van der Waals surface area contributed by atoms with Gasteiger partial charge < -0.3 is 10.1 Å². The number of rotatable bonds is 7. The number of carbonyl (C=O) groups excluding carboxylic acids is 1. The van der Waals surface area contributed by atoms with Gasteiger partial charge in [0.2, 0.25) is 0 Å². The summed E-state index contributed by atoms with van der Waals surface area (Å²) in [5, 5.41) is 2.85. The predicted octanol–water partition coefficient (Wildman–Crippen LogP) is 2.93. The van der Waals surface area contributed by atoms with E-state index in [2.05, 4.69) is 5.32 Å². The van der Waals surface area contributed by atoms with Crippen molar-refractivity contribution in [2.24, 2.45) is 0 Å². The van der Waals surface area contributed by atoms with Crippen molar-refractivity contribution in [3.8, 4) is 5.75 Å². The molecule has 0 saturated carbocycles. The second kappa shape index (κ2) is 7.66. The predicted molar refractivity (Wildman–Crippen MR) is 82.5 cm³/mol. The maximum absolute atomic E-state index is 12.3. The first-order valence-corrected chi connectivity index (χ1v) is 9.16. The van der Waals surface area contributed by atoms with Gasteiger partial charge in [-0.3, -0.25) is 4.79 Å².